The molecule has 1 aliphatic rings. The molecule has 88 valence electrons. The SMILES string of the molecule is CN(CC(F)F)C1Cc2ccccc2C1N. The van der Waals surface area contributed by atoms with E-state index >= 15 is 0 Å². The fourth-order valence-electron chi connectivity index (χ4n) is 2.39. The second kappa shape index (κ2) is 4.47. The molecule has 0 saturated carbocycles. The van der Waals surface area contributed by atoms with Gasteiger partial charge in [0.15, 0.2) is 0 Å². The van der Waals surface area contributed by atoms with Crippen LogP contribution in [0.25, 0.3) is 0 Å². The van der Waals surface area contributed by atoms with Gasteiger partial charge in [0.2, 0.25) is 0 Å². The minimum absolute atomic E-state index is 0.00796. The summed E-state index contributed by atoms with van der Waals surface area (Å²) >= 11 is 0. The molecular weight excluding hydrogens is 210 g/mol. The van der Waals surface area contributed by atoms with E-state index in [1.165, 1.54) is 5.56 Å². The summed E-state index contributed by atoms with van der Waals surface area (Å²) in [5.74, 6) is 0. The van der Waals surface area contributed by atoms with Crippen molar-refractivity contribution in [3.63, 3.8) is 0 Å². The van der Waals surface area contributed by atoms with Crippen LogP contribution in [0.5, 0.6) is 0 Å². The Kier molecular flexibility index (Phi) is 3.21. The standard InChI is InChI=1S/C12H16F2N2/c1-16(7-11(13)14)10-6-8-4-2-3-5-9(8)12(10)15/h2-5,10-12H,6-7,15H2,1H3. The van der Waals surface area contributed by atoms with Crippen LogP contribution in [0.2, 0.25) is 0 Å². The van der Waals surface area contributed by atoms with E-state index in [9.17, 15) is 8.78 Å². The van der Waals surface area contributed by atoms with Gasteiger partial charge in [0.25, 0.3) is 6.43 Å². The zero-order chi connectivity index (χ0) is 11.7. The number of nitrogens with two attached hydrogens (primary N) is 1. The van der Waals surface area contributed by atoms with E-state index in [1.54, 1.807) is 11.9 Å². The molecule has 1 aliphatic carbocycles. The highest BCUT2D eigenvalue weighted by Gasteiger charge is 2.32. The Bertz CT molecular complexity index is 368. The van der Waals surface area contributed by atoms with E-state index < -0.39 is 6.43 Å². The van der Waals surface area contributed by atoms with E-state index in [0.29, 0.717) is 0 Å². The summed E-state index contributed by atoms with van der Waals surface area (Å²) in [5.41, 5.74) is 8.35. The molecule has 2 nitrogen and oxygen atoms in total. The molecule has 1 aromatic rings. The van der Waals surface area contributed by atoms with Crippen LogP contribution in [0.3, 0.4) is 0 Å². The Morgan fingerprint density at radius 3 is 2.75 bits per heavy atom. The normalized spacial score (nSPS) is 24.1. The first-order valence-corrected chi connectivity index (χ1v) is 5.41. The van der Waals surface area contributed by atoms with Crippen molar-refractivity contribution in [3.05, 3.63) is 35.4 Å². The van der Waals surface area contributed by atoms with Gasteiger partial charge in [-0.05, 0) is 24.6 Å². The van der Waals surface area contributed by atoms with Crippen LogP contribution < -0.4 is 5.73 Å². The average Bonchev–Trinajstić information content (AvgIpc) is 2.56. The number of benzene rings is 1. The summed E-state index contributed by atoms with van der Waals surface area (Å²) in [5, 5.41) is 0. The van der Waals surface area contributed by atoms with E-state index in [2.05, 4.69) is 0 Å². The zero-order valence-corrected chi connectivity index (χ0v) is 9.24. The second-order valence-electron chi connectivity index (χ2n) is 4.33. The first kappa shape index (κ1) is 11.5. The quantitative estimate of drug-likeness (QED) is 0.851. The molecule has 0 radical (unpaired) electrons. The summed E-state index contributed by atoms with van der Waals surface area (Å²) < 4.78 is 24.6. The van der Waals surface area contributed by atoms with Crippen molar-refractivity contribution in [2.75, 3.05) is 13.6 Å². The van der Waals surface area contributed by atoms with Crippen molar-refractivity contribution in [2.45, 2.75) is 24.9 Å². The molecular formula is C12H16F2N2. The lowest BCUT2D eigenvalue weighted by Gasteiger charge is -2.27. The predicted molar refractivity (Wildman–Crippen MR) is 59.5 cm³/mol. The average molecular weight is 226 g/mol. The maximum atomic E-state index is 12.3. The van der Waals surface area contributed by atoms with Gasteiger partial charge in [-0.2, -0.15) is 0 Å². The lowest BCUT2D eigenvalue weighted by Crippen LogP contribution is -2.40. The summed E-state index contributed by atoms with van der Waals surface area (Å²) in [6.45, 7) is -0.216. The number of fused-ring (bicyclic) bond motifs is 1. The smallest absolute Gasteiger partial charge is 0.251 e. The third kappa shape index (κ3) is 2.08. The molecule has 0 aromatic heterocycles. The van der Waals surface area contributed by atoms with Gasteiger partial charge in [0.1, 0.15) is 0 Å². The predicted octanol–water partition coefficient (Wildman–Crippen LogP) is 1.81. The first-order valence-electron chi connectivity index (χ1n) is 5.41. The molecule has 0 fully saturated rings. The lowest BCUT2D eigenvalue weighted by atomic mass is 10.1. The maximum Gasteiger partial charge on any atom is 0.251 e. The van der Waals surface area contributed by atoms with Crippen LogP contribution in [0.1, 0.15) is 17.2 Å². The van der Waals surface area contributed by atoms with Gasteiger partial charge in [0, 0.05) is 12.1 Å². The Morgan fingerprint density at radius 2 is 2.12 bits per heavy atom. The van der Waals surface area contributed by atoms with Gasteiger partial charge in [0.05, 0.1) is 6.54 Å². The van der Waals surface area contributed by atoms with Gasteiger partial charge >= 0.3 is 0 Å². The van der Waals surface area contributed by atoms with Crippen molar-refractivity contribution in [1.29, 1.82) is 0 Å². The third-order valence-electron chi connectivity index (χ3n) is 3.25. The van der Waals surface area contributed by atoms with Crippen molar-refractivity contribution in [3.8, 4) is 0 Å². The van der Waals surface area contributed by atoms with E-state index in [1.807, 2.05) is 24.3 Å². The van der Waals surface area contributed by atoms with Crippen LogP contribution in [0.15, 0.2) is 24.3 Å². The second-order valence-corrected chi connectivity index (χ2v) is 4.33. The number of nitrogens with zero attached hydrogens (tertiary/aromatic N) is 1. The molecule has 0 bridgehead atoms. The fraction of sp³-hybridized carbons (Fsp3) is 0.500. The summed E-state index contributed by atoms with van der Waals surface area (Å²) in [4.78, 5) is 1.66. The molecule has 0 saturated heterocycles. The summed E-state index contributed by atoms with van der Waals surface area (Å²) in [6.07, 6.45) is -1.54. The van der Waals surface area contributed by atoms with Crippen LogP contribution in [-0.2, 0) is 6.42 Å². The highest BCUT2D eigenvalue weighted by molar-refractivity contribution is 5.36. The van der Waals surface area contributed by atoms with Crippen molar-refractivity contribution in [2.24, 2.45) is 5.73 Å². The highest BCUT2D eigenvalue weighted by Crippen LogP contribution is 2.32. The molecule has 2 atom stereocenters. The molecule has 0 amide bonds. The largest absolute Gasteiger partial charge is 0.323 e. The number of hydrogen-bond acceptors (Lipinski definition) is 2. The lowest BCUT2D eigenvalue weighted by molar-refractivity contribution is 0.0770. The van der Waals surface area contributed by atoms with E-state index in [4.69, 9.17) is 5.73 Å². The molecule has 2 unspecified atom stereocenters. The van der Waals surface area contributed by atoms with Crippen LogP contribution in [-0.4, -0.2) is 31.0 Å². The number of alkyl halides is 2. The van der Waals surface area contributed by atoms with Crippen molar-refractivity contribution >= 4 is 0 Å². The Hall–Kier alpha value is -1.00. The molecule has 0 heterocycles. The molecule has 16 heavy (non-hydrogen) atoms. The molecule has 1 aromatic carbocycles. The Balaban J connectivity index is 2.12. The monoisotopic (exact) mass is 226 g/mol. The van der Waals surface area contributed by atoms with Crippen molar-refractivity contribution < 1.29 is 8.78 Å². The first-order chi connectivity index (χ1) is 7.59. The Morgan fingerprint density at radius 1 is 1.44 bits per heavy atom. The third-order valence-corrected chi connectivity index (χ3v) is 3.25. The van der Waals surface area contributed by atoms with Crippen LogP contribution in [0.4, 0.5) is 8.78 Å². The van der Waals surface area contributed by atoms with Crippen LogP contribution >= 0.6 is 0 Å². The molecule has 0 spiro atoms. The van der Waals surface area contributed by atoms with Gasteiger partial charge in [-0.1, -0.05) is 24.3 Å². The number of likely N-dealkylation sites (N-methyl/N-ethyl adjacent to an activating group) is 1. The van der Waals surface area contributed by atoms with E-state index in [-0.39, 0.29) is 18.6 Å². The van der Waals surface area contributed by atoms with Gasteiger partial charge in [-0.15, -0.1) is 0 Å². The van der Waals surface area contributed by atoms with Gasteiger partial charge in [-0.25, -0.2) is 8.78 Å². The number of rotatable bonds is 3. The fourth-order valence-corrected chi connectivity index (χ4v) is 2.39. The van der Waals surface area contributed by atoms with Gasteiger partial charge < -0.3 is 5.73 Å². The minimum atomic E-state index is -2.30. The molecule has 2 rings (SSSR count). The number of hydrogen-bond donors (Lipinski definition) is 1. The maximum absolute atomic E-state index is 12.3. The minimum Gasteiger partial charge on any atom is -0.323 e. The number of halogens is 2. The topological polar surface area (TPSA) is 29.3 Å². The van der Waals surface area contributed by atoms with Crippen molar-refractivity contribution in [1.82, 2.24) is 4.90 Å². The molecule has 2 N–H and O–H groups in total. The Labute approximate surface area is 94.0 Å². The summed E-state index contributed by atoms with van der Waals surface area (Å²) in [7, 11) is 1.71. The van der Waals surface area contributed by atoms with E-state index in [0.717, 1.165) is 12.0 Å². The molecule has 0 aliphatic heterocycles. The van der Waals surface area contributed by atoms with Gasteiger partial charge in [-0.3, -0.25) is 4.90 Å². The zero-order valence-electron chi connectivity index (χ0n) is 9.24. The van der Waals surface area contributed by atoms with Crippen LogP contribution in [0, 0.1) is 0 Å². The molecule has 4 heteroatoms. The highest BCUT2D eigenvalue weighted by atomic mass is 19.3. The summed E-state index contributed by atoms with van der Waals surface area (Å²) in [6, 6.07) is 7.74.